The van der Waals surface area contributed by atoms with Gasteiger partial charge in [-0.25, -0.2) is 9.97 Å². The van der Waals surface area contributed by atoms with Crippen LogP contribution >= 0.6 is 22.7 Å². The van der Waals surface area contributed by atoms with Gasteiger partial charge in [-0.05, 0) is 6.92 Å². The molecule has 2 aromatic rings. The van der Waals surface area contributed by atoms with Crippen LogP contribution in [0.4, 0.5) is 5.13 Å². The van der Waals surface area contributed by atoms with Gasteiger partial charge in [0.2, 0.25) is 0 Å². The Morgan fingerprint density at radius 3 is 3.11 bits per heavy atom. The minimum absolute atomic E-state index is 0.225. The van der Waals surface area contributed by atoms with Crippen molar-refractivity contribution >= 4 is 33.8 Å². The minimum atomic E-state index is -0.241. The summed E-state index contributed by atoms with van der Waals surface area (Å²) in [6, 6.07) is 0. The molecule has 2 heterocycles. The number of nitrogens with one attached hydrogen (secondary N) is 1. The first-order valence-electron chi connectivity index (χ1n) is 5.50. The van der Waals surface area contributed by atoms with E-state index in [1.165, 1.54) is 11.3 Å². The number of ether oxygens (including phenoxy) is 1. The molecule has 0 aliphatic heterocycles. The van der Waals surface area contributed by atoms with Crippen LogP contribution in [0.25, 0.3) is 0 Å². The van der Waals surface area contributed by atoms with E-state index in [2.05, 4.69) is 15.3 Å². The Balaban J connectivity index is 1.84. The van der Waals surface area contributed by atoms with Gasteiger partial charge in [0.05, 0.1) is 25.3 Å². The minimum Gasteiger partial charge on any atom is -0.466 e. The number of hydrogen-bond acceptors (Lipinski definition) is 7. The van der Waals surface area contributed by atoms with E-state index in [9.17, 15) is 4.79 Å². The number of thiazole rings is 2. The molecule has 0 spiro atoms. The quantitative estimate of drug-likeness (QED) is 0.824. The van der Waals surface area contributed by atoms with Crippen LogP contribution in [0.3, 0.4) is 0 Å². The Bertz CT molecular complexity index is 496. The van der Waals surface area contributed by atoms with Gasteiger partial charge in [-0.1, -0.05) is 0 Å². The maximum absolute atomic E-state index is 11.3. The van der Waals surface area contributed by atoms with Crippen molar-refractivity contribution in [3.63, 3.8) is 0 Å². The molecule has 0 bridgehead atoms. The van der Waals surface area contributed by atoms with E-state index >= 15 is 0 Å². The van der Waals surface area contributed by atoms with Crippen molar-refractivity contribution in [3.05, 3.63) is 27.7 Å². The van der Waals surface area contributed by atoms with Gasteiger partial charge >= 0.3 is 5.97 Å². The molecule has 0 radical (unpaired) electrons. The molecule has 0 amide bonds. The molecule has 0 saturated carbocycles. The molecule has 1 N–H and O–H groups in total. The van der Waals surface area contributed by atoms with Crippen LogP contribution in [0.2, 0.25) is 0 Å². The molecule has 0 aromatic carbocycles. The molecular weight excluding hydrogens is 270 g/mol. The van der Waals surface area contributed by atoms with Crippen molar-refractivity contribution in [2.24, 2.45) is 0 Å². The lowest BCUT2D eigenvalue weighted by molar-refractivity contribution is -0.142. The SMILES string of the molecule is CCOC(=O)Cc1csc(NCc2nccs2)n1. The van der Waals surface area contributed by atoms with Crippen molar-refractivity contribution < 1.29 is 9.53 Å². The van der Waals surface area contributed by atoms with Gasteiger partial charge in [0, 0.05) is 17.0 Å². The number of anilines is 1. The number of rotatable bonds is 6. The number of aromatic nitrogens is 2. The summed E-state index contributed by atoms with van der Waals surface area (Å²) in [6.07, 6.45) is 2.00. The van der Waals surface area contributed by atoms with Gasteiger partial charge in [0.1, 0.15) is 5.01 Å². The maximum atomic E-state index is 11.3. The summed E-state index contributed by atoms with van der Waals surface area (Å²) in [4.78, 5) is 19.8. The highest BCUT2D eigenvalue weighted by molar-refractivity contribution is 7.13. The van der Waals surface area contributed by atoms with Crippen LogP contribution in [-0.2, 0) is 22.5 Å². The third-order valence-electron chi connectivity index (χ3n) is 2.06. The van der Waals surface area contributed by atoms with Gasteiger partial charge in [-0.15, -0.1) is 22.7 Å². The third kappa shape index (κ3) is 3.78. The van der Waals surface area contributed by atoms with Gasteiger partial charge in [0.15, 0.2) is 5.13 Å². The topological polar surface area (TPSA) is 64.1 Å². The molecule has 0 atom stereocenters. The van der Waals surface area contributed by atoms with Crippen molar-refractivity contribution in [2.45, 2.75) is 19.9 Å². The van der Waals surface area contributed by atoms with E-state index in [1.54, 1.807) is 24.5 Å². The second-order valence-corrected chi connectivity index (χ2v) is 5.24. The van der Waals surface area contributed by atoms with Crippen LogP contribution in [0.15, 0.2) is 17.0 Å². The molecule has 18 heavy (non-hydrogen) atoms. The fraction of sp³-hybridized carbons (Fsp3) is 0.364. The Kier molecular flexibility index (Phi) is 4.66. The zero-order valence-corrected chi connectivity index (χ0v) is 11.5. The van der Waals surface area contributed by atoms with E-state index in [-0.39, 0.29) is 12.4 Å². The monoisotopic (exact) mass is 283 g/mol. The largest absolute Gasteiger partial charge is 0.466 e. The van der Waals surface area contributed by atoms with Crippen LogP contribution < -0.4 is 5.32 Å². The predicted molar refractivity (Wildman–Crippen MR) is 71.9 cm³/mol. The molecule has 7 heteroatoms. The van der Waals surface area contributed by atoms with Crippen LogP contribution in [-0.4, -0.2) is 22.5 Å². The lowest BCUT2D eigenvalue weighted by Crippen LogP contribution is -2.07. The second kappa shape index (κ2) is 6.46. The van der Waals surface area contributed by atoms with Crippen LogP contribution in [0.1, 0.15) is 17.6 Å². The van der Waals surface area contributed by atoms with Crippen molar-refractivity contribution in [1.29, 1.82) is 0 Å². The standard InChI is InChI=1S/C11H13N3O2S2/c1-2-16-10(15)5-8-7-18-11(14-8)13-6-9-12-3-4-17-9/h3-4,7H,2,5-6H2,1H3,(H,13,14). The average Bonchev–Trinajstić information content (AvgIpc) is 2.97. The Morgan fingerprint density at radius 2 is 2.39 bits per heavy atom. The van der Waals surface area contributed by atoms with E-state index in [1.807, 2.05) is 10.8 Å². The number of esters is 1. The molecule has 5 nitrogen and oxygen atoms in total. The molecule has 0 aliphatic carbocycles. The lowest BCUT2D eigenvalue weighted by atomic mass is 10.3. The molecule has 0 fully saturated rings. The van der Waals surface area contributed by atoms with Crippen LogP contribution in [0, 0.1) is 0 Å². The summed E-state index contributed by atoms with van der Waals surface area (Å²) in [6.45, 7) is 2.85. The van der Waals surface area contributed by atoms with Gasteiger partial charge in [-0.3, -0.25) is 4.79 Å². The summed E-state index contributed by atoms with van der Waals surface area (Å²) in [5.74, 6) is -0.241. The van der Waals surface area contributed by atoms with Crippen molar-refractivity contribution in [2.75, 3.05) is 11.9 Å². The first-order valence-corrected chi connectivity index (χ1v) is 7.26. The summed E-state index contributed by atoms with van der Waals surface area (Å²) in [5, 5.41) is 8.78. The summed E-state index contributed by atoms with van der Waals surface area (Å²) in [5.41, 5.74) is 0.736. The van der Waals surface area contributed by atoms with Crippen LogP contribution in [0.5, 0.6) is 0 Å². The Morgan fingerprint density at radius 1 is 1.50 bits per heavy atom. The number of hydrogen-bond donors (Lipinski definition) is 1. The van der Waals surface area contributed by atoms with E-state index in [0.29, 0.717) is 13.2 Å². The van der Waals surface area contributed by atoms with E-state index < -0.39 is 0 Å². The number of carbonyl (C=O) groups is 1. The summed E-state index contributed by atoms with van der Waals surface area (Å²) < 4.78 is 4.87. The van der Waals surface area contributed by atoms with Crippen molar-refractivity contribution in [1.82, 2.24) is 9.97 Å². The highest BCUT2D eigenvalue weighted by Gasteiger charge is 2.08. The number of carbonyl (C=O) groups excluding carboxylic acids is 1. The molecule has 0 saturated heterocycles. The molecular formula is C11H13N3O2S2. The van der Waals surface area contributed by atoms with Gasteiger partial charge < -0.3 is 10.1 Å². The molecule has 96 valence electrons. The Labute approximate surface area is 113 Å². The molecule has 0 aliphatic rings. The van der Waals surface area contributed by atoms with E-state index in [0.717, 1.165) is 15.8 Å². The smallest absolute Gasteiger partial charge is 0.311 e. The molecule has 2 rings (SSSR count). The first-order chi connectivity index (χ1) is 8.78. The highest BCUT2D eigenvalue weighted by atomic mass is 32.1. The lowest BCUT2D eigenvalue weighted by Gasteiger charge is -1.99. The van der Waals surface area contributed by atoms with E-state index in [4.69, 9.17) is 4.74 Å². The summed E-state index contributed by atoms with van der Waals surface area (Å²) in [7, 11) is 0. The summed E-state index contributed by atoms with van der Waals surface area (Å²) >= 11 is 3.07. The number of nitrogens with zero attached hydrogens (tertiary/aromatic N) is 2. The normalized spacial score (nSPS) is 10.3. The second-order valence-electron chi connectivity index (χ2n) is 3.41. The third-order valence-corrected chi connectivity index (χ3v) is 3.69. The first kappa shape index (κ1) is 13.0. The fourth-order valence-corrected chi connectivity index (χ4v) is 2.59. The van der Waals surface area contributed by atoms with Crippen molar-refractivity contribution in [3.8, 4) is 0 Å². The average molecular weight is 283 g/mol. The zero-order chi connectivity index (χ0) is 12.8. The Hall–Kier alpha value is -1.47. The predicted octanol–water partition coefficient (Wildman–Crippen LogP) is 2.32. The maximum Gasteiger partial charge on any atom is 0.311 e. The molecule has 2 aromatic heterocycles. The fourth-order valence-electron chi connectivity index (χ4n) is 1.32. The van der Waals surface area contributed by atoms with Gasteiger partial charge in [0.25, 0.3) is 0 Å². The molecule has 0 unspecified atom stereocenters. The zero-order valence-electron chi connectivity index (χ0n) is 9.88. The highest BCUT2D eigenvalue weighted by Crippen LogP contribution is 2.17. The van der Waals surface area contributed by atoms with Gasteiger partial charge in [-0.2, -0.15) is 0 Å².